The zero-order valence-electron chi connectivity index (χ0n) is 15.4. The third-order valence-corrected chi connectivity index (χ3v) is 3.91. The van der Waals surface area contributed by atoms with Gasteiger partial charge in [0.15, 0.2) is 5.78 Å². The maximum absolute atomic E-state index is 10.5. The van der Waals surface area contributed by atoms with Gasteiger partial charge in [-0.05, 0) is 37.2 Å². The van der Waals surface area contributed by atoms with Crippen LogP contribution in [-0.4, -0.2) is 19.1 Å². The molecule has 2 aromatic carbocycles. The van der Waals surface area contributed by atoms with E-state index in [1.807, 2.05) is 36.4 Å². The van der Waals surface area contributed by atoms with Crippen LogP contribution in [-0.2, 0) is 35.8 Å². The second-order valence-electron chi connectivity index (χ2n) is 4.58. The van der Waals surface area contributed by atoms with Crippen molar-refractivity contribution >= 4 is 25.1 Å². The number of carbonyl (C=O) groups is 1. The van der Waals surface area contributed by atoms with Crippen molar-refractivity contribution in [2.45, 2.75) is 6.92 Å². The zero-order valence-corrected chi connectivity index (χ0v) is 17.4. The van der Waals surface area contributed by atoms with Gasteiger partial charge in [-0.1, -0.05) is 74.7 Å². The Balaban J connectivity index is -0.000000150. The topological polar surface area (TPSA) is 76.8 Å². The van der Waals surface area contributed by atoms with E-state index in [-0.39, 0.29) is 30.8 Å². The molecule has 0 heterocycles. The summed E-state index contributed by atoms with van der Waals surface area (Å²) >= 11 is 0. The third kappa shape index (κ3) is 22.0. The van der Waals surface area contributed by atoms with E-state index in [2.05, 4.69) is 63.6 Å². The fraction of sp³-hybridized carbons (Fsp3) is 0.143. The largest absolute Gasteiger partial charge is 0 e. The number of rotatable bonds is 3. The van der Waals surface area contributed by atoms with Crippen LogP contribution in [0.1, 0.15) is 12.5 Å². The number of carbonyl (C=O) groups excluding carboxylic acids is 1. The molecule has 2 aromatic rings. The number of benzene rings is 2. The zero-order chi connectivity index (χ0) is 20.8. The Labute approximate surface area is 173 Å². The molecule has 0 atom stereocenters. The minimum absolute atomic E-state index is 0. The van der Waals surface area contributed by atoms with Gasteiger partial charge in [-0.15, -0.1) is 0 Å². The van der Waals surface area contributed by atoms with Gasteiger partial charge in [0, 0.05) is 17.1 Å². The van der Waals surface area contributed by atoms with Crippen LogP contribution >= 0.6 is 7.92 Å². The Bertz CT molecular complexity index is 649. The van der Waals surface area contributed by atoms with Crippen molar-refractivity contribution in [1.29, 1.82) is 0 Å². The van der Waals surface area contributed by atoms with E-state index < -0.39 is 0 Å². The Morgan fingerprint density at radius 3 is 1.48 bits per heavy atom. The molecule has 0 saturated carbocycles. The van der Waals surface area contributed by atoms with Crippen LogP contribution in [0.4, 0.5) is 0 Å². The monoisotopic (exact) mass is 424 g/mol. The van der Waals surface area contributed by atoms with Crippen molar-refractivity contribution in [1.82, 2.24) is 0 Å². The molecule has 0 saturated heterocycles. The van der Waals surface area contributed by atoms with Gasteiger partial charge in [0.1, 0.15) is 0 Å². The van der Waals surface area contributed by atoms with Crippen molar-refractivity contribution in [2.75, 3.05) is 13.3 Å². The van der Waals surface area contributed by atoms with Gasteiger partial charge in [-0.3, -0.25) is 4.79 Å². The Hall–Kier alpha value is -1.98. The standard InChI is InChI=1S/C10H10O.C8H11P.3CO.Fe/c1-9(11)7-8-10-5-3-2-4-6-10;1-9(2)8-6-4-3-5-7-8;3*1-2;/h2-8H,1H3;3-7H,1-2H3;;;;/b8-7+;;;;;. The average molecular weight is 424 g/mol. The average Bonchev–Trinajstić information content (AvgIpc) is 2.73. The Kier molecular flexibility index (Phi) is 31.8. The summed E-state index contributed by atoms with van der Waals surface area (Å²) < 4.78 is 22.5. The Morgan fingerprint density at radius 2 is 1.19 bits per heavy atom. The van der Waals surface area contributed by atoms with E-state index in [0.29, 0.717) is 0 Å². The smallest absolute Gasteiger partial charge is 0 e. The first-order valence-corrected chi connectivity index (χ1v) is 9.40. The molecule has 0 aromatic heterocycles. The Morgan fingerprint density at radius 1 is 0.815 bits per heavy atom. The molecular weight excluding hydrogens is 403 g/mol. The van der Waals surface area contributed by atoms with Gasteiger partial charge >= 0.3 is 33.9 Å². The first-order valence-electron chi connectivity index (χ1n) is 7.17. The molecule has 0 N–H and O–H groups in total. The van der Waals surface area contributed by atoms with Crippen molar-refractivity contribution in [2.24, 2.45) is 0 Å². The quantitative estimate of drug-likeness (QED) is 0.239. The summed E-state index contributed by atoms with van der Waals surface area (Å²) in [6, 6.07) is 20.4. The van der Waals surface area contributed by atoms with Gasteiger partial charge in [-0.2, -0.15) is 0 Å². The van der Waals surface area contributed by atoms with Crippen molar-refractivity contribution in [3.05, 3.63) is 92.3 Å². The van der Waals surface area contributed by atoms with Crippen molar-refractivity contribution in [3.8, 4) is 0 Å². The van der Waals surface area contributed by atoms with E-state index in [1.54, 1.807) is 13.0 Å². The van der Waals surface area contributed by atoms with E-state index in [1.165, 1.54) is 5.30 Å². The number of ketones is 1. The van der Waals surface area contributed by atoms with Gasteiger partial charge in [0.05, 0.1) is 0 Å². The van der Waals surface area contributed by atoms with Crippen LogP contribution in [0.25, 0.3) is 6.08 Å². The van der Waals surface area contributed by atoms with E-state index >= 15 is 0 Å². The van der Waals surface area contributed by atoms with E-state index in [4.69, 9.17) is 14.0 Å². The minimum Gasteiger partial charge on any atom is 0 e. The maximum Gasteiger partial charge on any atom is 0 e. The third-order valence-electron chi connectivity index (χ3n) is 2.58. The second-order valence-corrected chi connectivity index (χ2v) is 6.89. The molecule has 0 fully saturated rings. The van der Waals surface area contributed by atoms with Crippen LogP contribution in [0.5, 0.6) is 0 Å². The van der Waals surface area contributed by atoms with Gasteiger partial charge < -0.3 is 0 Å². The van der Waals surface area contributed by atoms with Gasteiger partial charge in [-0.25, -0.2) is 0 Å². The molecule has 0 amide bonds. The molecule has 0 aliphatic carbocycles. The molecule has 0 aliphatic rings. The SMILES string of the molecule is CC(=O)/C=C/c1ccccc1.CP(C)c1ccccc1.[C-]#[O+].[C-]#[O+].[C-]#[O+].[Fe]. The van der Waals surface area contributed by atoms with Crippen LogP contribution in [0, 0.1) is 20.0 Å². The normalized spacial score (nSPS) is 7.78. The summed E-state index contributed by atoms with van der Waals surface area (Å²) in [6.45, 7) is 19.6. The first-order chi connectivity index (χ1) is 12.6. The summed E-state index contributed by atoms with van der Waals surface area (Å²) in [6.07, 6.45) is 3.37. The molecule has 0 unspecified atom stereocenters. The molecule has 0 bridgehead atoms. The molecule has 6 heteroatoms. The fourth-order valence-corrected chi connectivity index (χ4v) is 2.27. The number of hydrogen-bond donors (Lipinski definition) is 0. The van der Waals surface area contributed by atoms with Gasteiger partial charge in [0.25, 0.3) is 0 Å². The molecule has 142 valence electrons. The fourth-order valence-electron chi connectivity index (χ4n) is 1.50. The van der Waals surface area contributed by atoms with E-state index in [0.717, 1.165) is 5.56 Å². The van der Waals surface area contributed by atoms with Crippen LogP contribution in [0.15, 0.2) is 66.7 Å². The van der Waals surface area contributed by atoms with Crippen LogP contribution in [0.2, 0.25) is 0 Å². The molecule has 2 rings (SSSR count). The van der Waals surface area contributed by atoms with Crippen molar-refractivity contribution in [3.63, 3.8) is 0 Å². The summed E-state index contributed by atoms with van der Waals surface area (Å²) in [5.74, 6) is 0.0776. The van der Waals surface area contributed by atoms with Crippen LogP contribution < -0.4 is 5.30 Å². The predicted molar refractivity (Wildman–Crippen MR) is 103 cm³/mol. The van der Waals surface area contributed by atoms with Crippen molar-refractivity contribution < 1.29 is 35.8 Å². The molecule has 4 nitrogen and oxygen atoms in total. The predicted octanol–water partition coefficient (Wildman–Crippen LogP) is 4.23. The molecular formula is C21H21FeO4P. The summed E-state index contributed by atoms with van der Waals surface area (Å²) in [5.41, 5.74) is 1.06. The second kappa shape index (κ2) is 26.3. The maximum atomic E-state index is 10.5. The molecule has 0 aliphatic heterocycles. The molecule has 0 radical (unpaired) electrons. The minimum atomic E-state index is 0. The van der Waals surface area contributed by atoms with Gasteiger partial charge in [0.2, 0.25) is 0 Å². The first kappa shape index (κ1) is 32.7. The number of hydrogen-bond acceptors (Lipinski definition) is 1. The van der Waals surface area contributed by atoms with Crippen LogP contribution in [0.3, 0.4) is 0 Å². The number of allylic oxidation sites excluding steroid dienone is 1. The summed E-state index contributed by atoms with van der Waals surface area (Å²) in [5, 5.41) is 1.48. The molecule has 0 spiro atoms. The summed E-state index contributed by atoms with van der Waals surface area (Å²) in [7, 11) is 0.104. The van der Waals surface area contributed by atoms with E-state index in [9.17, 15) is 4.79 Å². The molecule has 27 heavy (non-hydrogen) atoms. The summed E-state index contributed by atoms with van der Waals surface area (Å²) in [4.78, 5) is 10.5.